The zero-order chi connectivity index (χ0) is 33.2. The maximum absolute atomic E-state index is 14.5. The number of aromatic nitrogens is 3. The van der Waals surface area contributed by atoms with E-state index in [1.54, 1.807) is 4.90 Å². The molecule has 1 N–H and O–H groups in total. The van der Waals surface area contributed by atoms with Crippen molar-refractivity contribution in [3.8, 4) is 0 Å². The van der Waals surface area contributed by atoms with Gasteiger partial charge in [0.1, 0.15) is 12.1 Å². The molecular formula is C37H40BrClN6O3. The van der Waals surface area contributed by atoms with Gasteiger partial charge in [0.15, 0.2) is 0 Å². The standard InChI is InChI=1S/C37H40BrClN6O3/c1-24-20-43(23-41-24)21-25-6-5-7-30(16-25)42-36(46)33-22-44(37(47)48-31-8-3-2-4-9-31)14-15-45(33)35-32-13-12-29(39)18-26(32)10-11-27-17-28(38)19-40-34(27)35/h5-7,12-13,16-20,23,31,33,35H,2-4,8-11,14-15,21-22H2,1H3,(H,42,46)/t33-,35+/m1/s1. The first-order valence-electron chi connectivity index (χ1n) is 16.8. The minimum Gasteiger partial charge on any atom is -0.446 e. The third-order valence-corrected chi connectivity index (χ3v) is 10.4. The molecule has 2 amide bonds. The molecule has 250 valence electrons. The van der Waals surface area contributed by atoms with Crippen LogP contribution in [0.4, 0.5) is 10.5 Å². The number of anilines is 1. The molecule has 2 aromatic carbocycles. The van der Waals surface area contributed by atoms with E-state index < -0.39 is 6.04 Å². The van der Waals surface area contributed by atoms with Gasteiger partial charge in [0, 0.05) is 53.8 Å². The zero-order valence-corrected chi connectivity index (χ0v) is 29.4. The molecule has 3 heterocycles. The van der Waals surface area contributed by atoms with Crippen molar-refractivity contribution in [2.24, 2.45) is 0 Å². The lowest BCUT2D eigenvalue weighted by molar-refractivity contribution is -0.124. The predicted molar refractivity (Wildman–Crippen MR) is 189 cm³/mol. The molecule has 1 saturated carbocycles. The lowest BCUT2D eigenvalue weighted by Crippen LogP contribution is -2.60. The number of piperazine rings is 1. The minimum atomic E-state index is -0.664. The minimum absolute atomic E-state index is 0.0633. The van der Waals surface area contributed by atoms with Gasteiger partial charge >= 0.3 is 6.09 Å². The Morgan fingerprint density at radius 2 is 1.85 bits per heavy atom. The number of hydrogen-bond acceptors (Lipinski definition) is 6. The highest BCUT2D eigenvalue weighted by Gasteiger charge is 2.42. The van der Waals surface area contributed by atoms with Crippen LogP contribution in [-0.2, 0) is 28.9 Å². The SMILES string of the molecule is Cc1cn(Cc2cccc(NC(=O)[C@H]3CN(C(=O)OC4CCCCC4)CCN3[C@H]3c4ccc(Cl)cc4CCc4cc(Br)cnc43)c2)cn1. The van der Waals surface area contributed by atoms with E-state index in [4.69, 9.17) is 21.3 Å². The number of halogens is 2. The maximum Gasteiger partial charge on any atom is 0.410 e. The van der Waals surface area contributed by atoms with Gasteiger partial charge in [0.25, 0.3) is 0 Å². The van der Waals surface area contributed by atoms with Crippen LogP contribution >= 0.6 is 27.5 Å². The molecule has 7 rings (SSSR count). The van der Waals surface area contributed by atoms with Gasteiger partial charge in [-0.3, -0.25) is 14.7 Å². The Labute approximate surface area is 294 Å². The number of pyridine rings is 1. The van der Waals surface area contributed by atoms with Crippen molar-refractivity contribution in [1.82, 2.24) is 24.3 Å². The van der Waals surface area contributed by atoms with Gasteiger partial charge in [-0.05, 0) is 114 Å². The van der Waals surface area contributed by atoms with Crippen molar-refractivity contribution in [1.29, 1.82) is 0 Å². The molecule has 0 spiro atoms. The number of nitrogens with one attached hydrogen (secondary N) is 1. The molecule has 3 aliphatic rings. The van der Waals surface area contributed by atoms with Crippen LogP contribution < -0.4 is 5.32 Å². The third-order valence-electron chi connectivity index (χ3n) is 9.75. The molecular weight excluding hydrogens is 692 g/mol. The summed E-state index contributed by atoms with van der Waals surface area (Å²) in [6.45, 7) is 3.73. The maximum atomic E-state index is 14.5. The molecule has 1 aliphatic heterocycles. The van der Waals surface area contributed by atoms with Gasteiger partial charge in [-0.2, -0.15) is 0 Å². The monoisotopic (exact) mass is 730 g/mol. The Balaban J connectivity index is 1.21. The average molecular weight is 732 g/mol. The van der Waals surface area contributed by atoms with Gasteiger partial charge in [0.2, 0.25) is 5.91 Å². The quantitative estimate of drug-likeness (QED) is 0.223. The summed E-state index contributed by atoms with van der Waals surface area (Å²) in [5.74, 6) is -0.181. The molecule has 2 aliphatic carbocycles. The molecule has 4 aromatic rings. The highest BCUT2D eigenvalue weighted by atomic mass is 79.9. The van der Waals surface area contributed by atoms with Crippen LogP contribution in [-0.4, -0.2) is 68.1 Å². The molecule has 2 aromatic heterocycles. The second kappa shape index (κ2) is 14.4. The number of fused-ring (bicyclic) bond motifs is 2. The van der Waals surface area contributed by atoms with Crippen LogP contribution in [0.2, 0.25) is 5.02 Å². The number of nitrogens with zero attached hydrogens (tertiary/aromatic N) is 5. The van der Waals surface area contributed by atoms with E-state index in [0.717, 1.165) is 76.6 Å². The second-order valence-electron chi connectivity index (χ2n) is 13.2. The average Bonchev–Trinajstić information content (AvgIpc) is 3.42. The molecule has 0 unspecified atom stereocenters. The Bertz CT molecular complexity index is 1750. The van der Waals surface area contributed by atoms with Crippen LogP contribution in [0.3, 0.4) is 0 Å². The lowest BCUT2D eigenvalue weighted by Gasteiger charge is -2.44. The second-order valence-corrected chi connectivity index (χ2v) is 14.5. The number of rotatable bonds is 6. The first kappa shape index (κ1) is 32.8. The van der Waals surface area contributed by atoms with Crippen molar-refractivity contribution in [3.05, 3.63) is 110 Å². The molecule has 0 radical (unpaired) electrons. The summed E-state index contributed by atoms with van der Waals surface area (Å²) in [5.41, 5.74) is 6.97. The normalized spacial score (nSPS) is 20.0. The number of carbonyl (C=O) groups excluding carboxylic acids is 2. The fourth-order valence-electron chi connectivity index (χ4n) is 7.40. The number of aryl methyl sites for hydroxylation is 3. The van der Waals surface area contributed by atoms with E-state index >= 15 is 0 Å². The molecule has 48 heavy (non-hydrogen) atoms. The first-order valence-corrected chi connectivity index (χ1v) is 18.0. The lowest BCUT2D eigenvalue weighted by atomic mass is 9.94. The highest BCUT2D eigenvalue weighted by Crippen LogP contribution is 2.39. The van der Waals surface area contributed by atoms with Gasteiger partial charge in [0.05, 0.1) is 23.8 Å². The molecule has 2 fully saturated rings. The summed E-state index contributed by atoms with van der Waals surface area (Å²) < 4.78 is 8.93. The molecule has 2 atom stereocenters. The predicted octanol–water partition coefficient (Wildman–Crippen LogP) is 7.33. The fraction of sp³-hybridized carbons (Fsp3) is 0.405. The van der Waals surface area contributed by atoms with Crippen LogP contribution in [0.1, 0.15) is 71.8 Å². The summed E-state index contributed by atoms with van der Waals surface area (Å²) >= 11 is 10.1. The molecule has 0 bridgehead atoms. The summed E-state index contributed by atoms with van der Waals surface area (Å²) in [4.78, 5) is 41.2. The van der Waals surface area contributed by atoms with Gasteiger partial charge in [-0.25, -0.2) is 9.78 Å². The van der Waals surface area contributed by atoms with E-state index in [-0.39, 0.29) is 30.7 Å². The number of imidazole rings is 1. The van der Waals surface area contributed by atoms with Crippen LogP contribution in [0.5, 0.6) is 0 Å². The van der Waals surface area contributed by atoms with Crippen LogP contribution in [0.15, 0.2) is 71.7 Å². The van der Waals surface area contributed by atoms with Crippen LogP contribution in [0.25, 0.3) is 0 Å². The summed E-state index contributed by atoms with van der Waals surface area (Å²) in [5, 5.41) is 3.88. The Morgan fingerprint density at radius 3 is 2.67 bits per heavy atom. The molecule has 1 saturated heterocycles. The van der Waals surface area contributed by atoms with E-state index in [9.17, 15) is 9.59 Å². The zero-order valence-electron chi connectivity index (χ0n) is 27.1. The van der Waals surface area contributed by atoms with Gasteiger partial charge < -0.3 is 19.5 Å². The number of carbonyl (C=O) groups is 2. The highest BCUT2D eigenvalue weighted by molar-refractivity contribution is 9.10. The van der Waals surface area contributed by atoms with Crippen molar-refractivity contribution in [3.63, 3.8) is 0 Å². The smallest absolute Gasteiger partial charge is 0.410 e. The number of benzene rings is 2. The first-order chi connectivity index (χ1) is 23.3. The fourth-order valence-corrected chi connectivity index (χ4v) is 7.97. The number of ether oxygens (including phenoxy) is 1. The van der Waals surface area contributed by atoms with Crippen molar-refractivity contribution >= 4 is 45.2 Å². The number of amides is 2. The Hall–Kier alpha value is -3.73. The van der Waals surface area contributed by atoms with E-state index in [2.05, 4.69) is 43.3 Å². The topological polar surface area (TPSA) is 92.6 Å². The van der Waals surface area contributed by atoms with Gasteiger partial charge in [-0.1, -0.05) is 36.2 Å². The molecule has 9 nitrogen and oxygen atoms in total. The van der Waals surface area contributed by atoms with E-state index in [1.807, 2.05) is 66.6 Å². The third kappa shape index (κ3) is 7.31. The summed E-state index contributed by atoms with van der Waals surface area (Å²) in [6.07, 6.45) is 12.0. The molecule has 11 heteroatoms. The van der Waals surface area contributed by atoms with E-state index in [0.29, 0.717) is 30.3 Å². The van der Waals surface area contributed by atoms with Crippen molar-refractivity contribution in [2.45, 2.75) is 76.6 Å². The van der Waals surface area contributed by atoms with Gasteiger partial charge in [-0.15, -0.1) is 0 Å². The largest absolute Gasteiger partial charge is 0.446 e. The van der Waals surface area contributed by atoms with Crippen LogP contribution in [0, 0.1) is 6.92 Å². The number of hydrogen-bond donors (Lipinski definition) is 1. The Kier molecular flexibility index (Phi) is 9.84. The van der Waals surface area contributed by atoms with Crippen molar-refractivity contribution < 1.29 is 14.3 Å². The summed E-state index contributed by atoms with van der Waals surface area (Å²) in [6, 6.07) is 15.1. The van der Waals surface area contributed by atoms with E-state index in [1.165, 1.54) is 6.42 Å². The Morgan fingerprint density at radius 1 is 1.02 bits per heavy atom. The van der Waals surface area contributed by atoms with Crippen molar-refractivity contribution in [2.75, 3.05) is 25.0 Å². The summed E-state index contributed by atoms with van der Waals surface area (Å²) in [7, 11) is 0.